The second-order valence-corrected chi connectivity index (χ2v) is 6.83. The van der Waals surface area contributed by atoms with Gasteiger partial charge in [0, 0.05) is 8.59 Å². The summed E-state index contributed by atoms with van der Waals surface area (Å²) in [5, 5.41) is 3.82. The van der Waals surface area contributed by atoms with Crippen molar-refractivity contribution in [2.45, 2.75) is 19.9 Å². The molecule has 1 amide bonds. The van der Waals surface area contributed by atoms with Gasteiger partial charge in [0.15, 0.2) is 0 Å². The number of amides is 1. The highest BCUT2D eigenvalue weighted by Gasteiger charge is 2.20. The minimum atomic E-state index is -0.0475. The normalized spacial score (nSPS) is 12.2. The Hall–Kier alpha value is -1.07. The maximum absolute atomic E-state index is 12.5. The number of benzene rings is 2. The Morgan fingerprint density at radius 2 is 1.71 bits per heavy atom. The molecule has 1 N–H and O–H groups in total. The van der Waals surface area contributed by atoms with Crippen molar-refractivity contribution in [1.82, 2.24) is 5.32 Å². The molecule has 2 rings (SSSR count). The molecule has 1 atom stereocenters. The summed E-state index contributed by atoms with van der Waals surface area (Å²) in [4.78, 5) is 12.5. The highest BCUT2D eigenvalue weighted by atomic mass is 127. The van der Waals surface area contributed by atoms with E-state index in [2.05, 4.69) is 41.8 Å². The van der Waals surface area contributed by atoms with Gasteiger partial charge in [0.2, 0.25) is 0 Å². The molecule has 110 valence electrons. The van der Waals surface area contributed by atoms with Crippen molar-refractivity contribution in [3.8, 4) is 0 Å². The van der Waals surface area contributed by atoms with Crippen LogP contribution in [0.2, 0.25) is 5.02 Å². The highest BCUT2D eigenvalue weighted by Crippen LogP contribution is 2.24. The topological polar surface area (TPSA) is 29.1 Å². The fraction of sp³-hybridized carbons (Fsp3) is 0.235. The van der Waals surface area contributed by atoms with Crippen molar-refractivity contribution in [3.05, 3.63) is 68.3 Å². The molecule has 0 aliphatic heterocycles. The van der Waals surface area contributed by atoms with Crippen LogP contribution in [0.15, 0.2) is 48.5 Å². The molecule has 0 heterocycles. The quantitative estimate of drug-likeness (QED) is 0.697. The first-order chi connectivity index (χ1) is 9.99. The third kappa shape index (κ3) is 4.20. The van der Waals surface area contributed by atoms with E-state index in [-0.39, 0.29) is 17.9 Å². The van der Waals surface area contributed by atoms with E-state index in [1.165, 1.54) is 0 Å². The molecule has 0 spiro atoms. The van der Waals surface area contributed by atoms with E-state index in [1.807, 2.05) is 48.5 Å². The van der Waals surface area contributed by atoms with Gasteiger partial charge in [-0.2, -0.15) is 0 Å². The summed E-state index contributed by atoms with van der Waals surface area (Å²) in [5.74, 6) is 0.241. The van der Waals surface area contributed by atoms with E-state index in [1.54, 1.807) is 0 Å². The Morgan fingerprint density at radius 3 is 2.29 bits per heavy atom. The Bertz CT molecular complexity index is 625. The molecular formula is C17H17ClINO. The van der Waals surface area contributed by atoms with E-state index < -0.39 is 0 Å². The summed E-state index contributed by atoms with van der Waals surface area (Å²) in [7, 11) is 0. The standard InChI is InChI=1S/C17H17ClINO/c1-11(2)16(12-7-9-13(18)10-8-12)20-17(21)14-5-3-4-6-15(14)19/h3-11,16H,1-2H3,(H,20,21). The number of rotatable bonds is 4. The fourth-order valence-corrected chi connectivity index (χ4v) is 2.93. The van der Waals surface area contributed by atoms with Gasteiger partial charge in [-0.15, -0.1) is 0 Å². The van der Waals surface area contributed by atoms with Gasteiger partial charge in [0.1, 0.15) is 0 Å². The Labute approximate surface area is 144 Å². The molecule has 0 saturated heterocycles. The van der Waals surface area contributed by atoms with Gasteiger partial charge in [0.05, 0.1) is 11.6 Å². The van der Waals surface area contributed by atoms with Crippen molar-refractivity contribution < 1.29 is 4.79 Å². The van der Waals surface area contributed by atoms with Crippen LogP contribution in [0.25, 0.3) is 0 Å². The summed E-state index contributed by atoms with van der Waals surface area (Å²) >= 11 is 8.11. The van der Waals surface area contributed by atoms with Crippen LogP contribution >= 0.6 is 34.2 Å². The van der Waals surface area contributed by atoms with Crippen LogP contribution in [0.5, 0.6) is 0 Å². The molecule has 2 aromatic rings. The van der Waals surface area contributed by atoms with Crippen LogP contribution in [0.3, 0.4) is 0 Å². The molecule has 2 nitrogen and oxygen atoms in total. The first kappa shape index (κ1) is 16.3. The van der Waals surface area contributed by atoms with Gasteiger partial charge in [0.25, 0.3) is 5.91 Å². The summed E-state index contributed by atoms with van der Waals surface area (Å²) in [6, 6.07) is 15.2. The van der Waals surface area contributed by atoms with Crippen LogP contribution < -0.4 is 5.32 Å². The number of hydrogen-bond donors (Lipinski definition) is 1. The zero-order valence-corrected chi connectivity index (χ0v) is 14.9. The molecule has 0 saturated carbocycles. The smallest absolute Gasteiger partial charge is 0.252 e. The summed E-state index contributed by atoms with van der Waals surface area (Å²) < 4.78 is 0.950. The van der Waals surface area contributed by atoms with Gasteiger partial charge >= 0.3 is 0 Å². The molecule has 2 aromatic carbocycles. The lowest BCUT2D eigenvalue weighted by Crippen LogP contribution is -2.32. The zero-order chi connectivity index (χ0) is 15.4. The molecule has 0 aromatic heterocycles. The largest absolute Gasteiger partial charge is 0.345 e. The van der Waals surface area contributed by atoms with E-state index in [0.29, 0.717) is 10.6 Å². The summed E-state index contributed by atoms with van der Waals surface area (Å²) in [6.07, 6.45) is 0. The van der Waals surface area contributed by atoms with Crippen LogP contribution in [-0.4, -0.2) is 5.91 Å². The predicted molar refractivity (Wildman–Crippen MR) is 95.7 cm³/mol. The van der Waals surface area contributed by atoms with E-state index in [0.717, 1.165) is 9.13 Å². The first-order valence-electron chi connectivity index (χ1n) is 6.80. The molecule has 4 heteroatoms. The molecule has 0 fully saturated rings. The lowest BCUT2D eigenvalue weighted by molar-refractivity contribution is 0.0924. The third-order valence-corrected chi connectivity index (χ3v) is 4.49. The van der Waals surface area contributed by atoms with Crippen LogP contribution in [0.1, 0.15) is 35.8 Å². The number of halogens is 2. The highest BCUT2D eigenvalue weighted by molar-refractivity contribution is 14.1. The number of carbonyl (C=O) groups excluding carboxylic acids is 1. The fourth-order valence-electron chi connectivity index (χ4n) is 2.17. The minimum absolute atomic E-state index is 0.0363. The number of carbonyl (C=O) groups is 1. The maximum atomic E-state index is 12.5. The number of nitrogens with one attached hydrogen (secondary N) is 1. The summed E-state index contributed by atoms with van der Waals surface area (Å²) in [5.41, 5.74) is 1.77. The SMILES string of the molecule is CC(C)C(NC(=O)c1ccccc1I)c1ccc(Cl)cc1. The Kier molecular flexibility index (Phi) is 5.65. The lowest BCUT2D eigenvalue weighted by Gasteiger charge is -2.23. The van der Waals surface area contributed by atoms with Crippen LogP contribution in [0, 0.1) is 9.49 Å². The molecule has 0 aliphatic rings. The van der Waals surface area contributed by atoms with Gasteiger partial charge in [-0.3, -0.25) is 4.79 Å². The second kappa shape index (κ2) is 7.27. The first-order valence-corrected chi connectivity index (χ1v) is 8.25. The predicted octanol–water partition coefficient (Wildman–Crippen LogP) is 5.07. The van der Waals surface area contributed by atoms with Crippen molar-refractivity contribution in [3.63, 3.8) is 0 Å². The number of hydrogen-bond acceptors (Lipinski definition) is 1. The Morgan fingerprint density at radius 1 is 1.10 bits per heavy atom. The molecule has 21 heavy (non-hydrogen) atoms. The second-order valence-electron chi connectivity index (χ2n) is 5.23. The van der Waals surface area contributed by atoms with Crippen molar-refractivity contribution in [2.24, 2.45) is 5.92 Å². The van der Waals surface area contributed by atoms with Crippen molar-refractivity contribution >= 4 is 40.1 Å². The molecular weight excluding hydrogens is 397 g/mol. The molecule has 0 aliphatic carbocycles. The average Bonchev–Trinajstić information content (AvgIpc) is 2.46. The van der Waals surface area contributed by atoms with E-state index >= 15 is 0 Å². The van der Waals surface area contributed by atoms with Crippen molar-refractivity contribution in [2.75, 3.05) is 0 Å². The summed E-state index contributed by atoms with van der Waals surface area (Å²) in [6.45, 7) is 4.19. The van der Waals surface area contributed by atoms with Crippen LogP contribution in [0.4, 0.5) is 0 Å². The zero-order valence-electron chi connectivity index (χ0n) is 11.9. The van der Waals surface area contributed by atoms with Gasteiger partial charge in [-0.05, 0) is 58.3 Å². The van der Waals surface area contributed by atoms with E-state index in [4.69, 9.17) is 11.6 Å². The van der Waals surface area contributed by atoms with E-state index in [9.17, 15) is 4.79 Å². The lowest BCUT2D eigenvalue weighted by atomic mass is 9.95. The van der Waals surface area contributed by atoms with Gasteiger partial charge in [-0.1, -0.05) is 49.7 Å². The molecule has 0 bridgehead atoms. The average molecular weight is 414 g/mol. The Balaban J connectivity index is 2.23. The van der Waals surface area contributed by atoms with Crippen molar-refractivity contribution in [1.29, 1.82) is 0 Å². The third-order valence-electron chi connectivity index (χ3n) is 3.30. The minimum Gasteiger partial charge on any atom is -0.345 e. The molecule has 0 radical (unpaired) electrons. The van der Waals surface area contributed by atoms with Crippen LogP contribution in [-0.2, 0) is 0 Å². The monoisotopic (exact) mass is 413 g/mol. The maximum Gasteiger partial charge on any atom is 0.252 e. The molecule has 1 unspecified atom stereocenters. The van der Waals surface area contributed by atoms with Gasteiger partial charge < -0.3 is 5.32 Å². The van der Waals surface area contributed by atoms with Gasteiger partial charge in [-0.25, -0.2) is 0 Å².